The van der Waals surface area contributed by atoms with E-state index >= 15 is 0 Å². The fourth-order valence-electron chi connectivity index (χ4n) is 2.77. The number of amides is 1. The largest absolute Gasteiger partial charge is 0.494 e. The van der Waals surface area contributed by atoms with Crippen LogP contribution in [0.15, 0.2) is 28.7 Å². The third-order valence-electron chi connectivity index (χ3n) is 3.92. The summed E-state index contributed by atoms with van der Waals surface area (Å²) in [6.45, 7) is 1.21. The molecule has 0 aromatic heterocycles. The van der Waals surface area contributed by atoms with Crippen molar-refractivity contribution in [3.05, 3.63) is 28.7 Å². The number of hydrogen-bond acceptors (Lipinski definition) is 3. The summed E-state index contributed by atoms with van der Waals surface area (Å²) in [5, 5.41) is 3.11. The maximum absolute atomic E-state index is 11.9. The van der Waals surface area contributed by atoms with E-state index in [1.165, 1.54) is 6.42 Å². The zero-order chi connectivity index (χ0) is 15.1. The summed E-state index contributed by atoms with van der Waals surface area (Å²) in [5.41, 5.74) is 5.72. The standard InChI is InChI=1S/C16H23BrN2O2.ClH/c17-13-5-2-6-14(10-13)21-9-3-8-16(20)19-15-7-1-4-12(15)11-18;/h2,5-6,10,12,15H,1,3-4,7-9,11,18H2,(H,19,20);1H. The lowest BCUT2D eigenvalue weighted by atomic mass is 10.0. The van der Waals surface area contributed by atoms with Gasteiger partial charge in [-0.25, -0.2) is 0 Å². The highest BCUT2D eigenvalue weighted by molar-refractivity contribution is 9.10. The molecule has 0 aliphatic heterocycles. The summed E-state index contributed by atoms with van der Waals surface area (Å²) in [4.78, 5) is 11.9. The van der Waals surface area contributed by atoms with E-state index in [4.69, 9.17) is 10.5 Å². The van der Waals surface area contributed by atoms with Crippen molar-refractivity contribution in [3.63, 3.8) is 0 Å². The van der Waals surface area contributed by atoms with Crippen molar-refractivity contribution in [2.75, 3.05) is 13.2 Å². The van der Waals surface area contributed by atoms with Gasteiger partial charge in [0, 0.05) is 16.9 Å². The number of nitrogens with one attached hydrogen (secondary N) is 1. The maximum Gasteiger partial charge on any atom is 0.220 e. The molecule has 0 radical (unpaired) electrons. The van der Waals surface area contributed by atoms with Crippen LogP contribution in [0.2, 0.25) is 0 Å². The van der Waals surface area contributed by atoms with E-state index in [2.05, 4.69) is 21.2 Å². The zero-order valence-electron chi connectivity index (χ0n) is 12.6. The van der Waals surface area contributed by atoms with Gasteiger partial charge in [-0.2, -0.15) is 0 Å². The molecule has 0 spiro atoms. The molecule has 0 bridgehead atoms. The van der Waals surface area contributed by atoms with Crippen LogP contribution in [0.25, 0.3) is 0 Å². The molecule has 4 nitrogen and oxygen atoms in total. The molecule has 124 valence electrons. The molecule has 1 amide bonds. The first-order valence-corrected chi connectivity index (χ1v) is 8.36. The van der Waals surface area contributed by atoms with Crippen LogP contribution in [0.1, 0.15) is 32.1 Å². The minimum absolute atomic E-state index is 0. The highest BCUT2D eigenvalue weighted by Crippen LogP contribution is 2.24. The van der Waals surface area contributed by atoms with Crippen LogP contribution in [-0.4, -0.2) is 25.1 Å². The first-order valence-electron chi connectivity index (χ1n) is 7.57. The van der Waals surface area contributed by atoms with Crippen LogP contribution in [0.4, 0.5) is 0 Å². The Morgan fingerprint density at radius 1 is 1.41 bits per heavy atom. The van der Waals surface area contributed by atoms with Gasteiger partial charge in [-0.1, -0.05) is 28.4 Å². The number of halogens is 2. The van der Waals surface area contributed by atoms with Gasteiger partial charge in [0.25, 0.3) is 0 Å². The van der Waals surface area contributed by atoms with Gasteiger partial charge in [0.15, 0.2) is 0 Å². The van der Waals surface area contributed by atoms with E-state index in [1.807, 2.05) is 24.3 Å². The normalized spacial score (nSPS) is 20.3. The van der Waals surface area contributed by atoms with Crippen LogP contribution in [0, 0.1) is 5.92 Å². The van der Waals surface area contributed by atoms with E-state index in [9.17, 15) is 4.79 Å². The topological polar surface area (TPSA) is 64.3 Å². The number of hydrogen-bond donors (Lipinski definition) is 2. The lowest BCUT2D eigenvalue weighted by molar-refractivity contribution is -0.122. The molecule has 22 heavy (non-hydrogen) atoms. The van der Waals surface area contributed by atoms with Crippen molar-refractivity contribution < 1.29 is 9.53 Å². The van der Waals surface area contributed by atoms with Crippen LogP contribution < -0.4 is 15.8 Å². The van der Waals surface area contributed by atoms with Gasteiger partial charge in [0.05, 0.1) is 6.61 Å². The molecule has 1 fully saturated rings. The Morgan fingerprint density at radius 3 is 2.95 bits per heavy atom. The van der Waals surface area contributed by atoms with Gasteiger partial charge in [-0.05, 0) is 49.9 Å². The zero-order valence-corrected chi connectivity index (χ0v) is 15.0. The summed E-state index contributed by atoms with van der Waals surface area (Å²) in [6.07, 6.45) is 4.58. The molecule has 2 rings (SSSR count). The molecule has 3 N–H and O–H groups in total. The average Bonchev–Trinajstić information content (AvgIpc) is 2.91. The van der Waals surface area contributed by atoms with Gasteiger partial charge in [0.1, 0.15) is 5.75 Å². The molecule has 2 unspecified atom stereocenters. The second-order valence-corrected chi connectivity index (χ2v) is 6.43. The predicted octanol–water partition coefficient (Wildman–Crippen LogP) is 3.27. The average molecular weight is 392 g/mol. The predicted molar refractivity (Wildman–Crippen MR) is 94.4 cm³/mol. The first kappa shape index (κ1) is 19.3. The summed E-state index contributed by atoms with van der Waals surface area (Å²) in [7, 11) is 0. The van der Waals surface area contributed by atoms with E-state index in [1.54, 1.807) is 0 Å². The fourth-order valence-corrected chi connectivity index (χ4v) is 3.15. The van der Waals surface area contributed by atoms with Crippen LogP contribution in [0.3, 0.4) is 0 Å². The van der Waals surface area contributed by atoms with Gasteiger partial charge in [-0.15, -0.1) is 12.4 Å². The van der Waals surface area contributed by atoms with E-state index in [0.717, 1.165) is 29.5 Å². The Bertz CT molecular complexity index is 473. The molecule has 6 heteroatoms. The van der Waals surface area contributed by atoms with E-state index < -0.39 is 0 Å². The van der Waals surface area contributed by atoms with Crippen molar-refractivity contribution >= 4 is 34.2 Å². The Balaban J connectivity index is 0.00000242. The SMILES string of the molecule is Cl.NCC1CCCC1NC(=O)CCCOc1cccc(Br)c1. The quantitative estimate of drug-likeness (QED) is 0.701. The molecule has 0 saturated heterocycles. The molecule has 1 saturated carbocycles. The number of carbonyl (C=O) groups is 1. The smallest absolute Gasteiger partial charge is 0.220 e. The third-order valence-corrected chi connectivity index (χ3v) is 4.41. The van der Waals surface area contributed by atoms with Crippen molar-refractivity contribution in [1.82, 2.24) is 5.32 Å². The van der Waals surface area contributed by atoms with Gasteiger partial charge >= 0.3 is 0 Å². The highest BCUT2D eigenvalue weighted by atomic mass is 79.9. The molecule has 1 aromatic rings. The summed E-state index contributed by atoms with van der Waals surface area (Å²) >= 11 is 3.40. The molecule has 1 aromatic carbocycles. The van der Waals surface area contributed by atoms with Crippen LogP contribution >= 0.6 is 28.3 Å². The number of ether oxygens (including phenoxy) is 1. The van der Waals surface area contributed by atoms with Crippen molar-refractivity contribution in [2.45, 2.75) is 38.1 Å². The molecule has 0 heterocycles. The molecular weight excluding hydrogens is 368 g/mol. The minimum atomic E-state index is 0. The Morgan fingerprint density at radius 2 is 2.23 bits per heavy atom. The van der Waals surface area contributed by atoms with Crippen LogP contribution in [-0.2, 0) is 4.79 Å². The Hall–Kier alpha value is -0.780. The van der Waals surface area contributed by atoms with Crippen molar-refractivity contribution in [1.29, 1.82) is 0 Å². The third kappa shape index (κ3) is 6.15. The maximum atomic E-state index is 11.9. The van der Waals surface area contributed by atoms with E-state index in [-0.39, 0.29) is 24.4 Å². The summed E-state index contributed by atoms with van der Waals surface area (Å²) < 4.78 is 6.61. The molecule has 1 aliphatic rings. The number of carbonyl (C=O) groups excluding carboxylic acids is 1. The van der Waals surface area contributed by atoms with Gasteiger partial charge < -0.3 is 15.8 Å². The lowest BCUT2D eigenvalue weighted by Gasteiger charge is -2.19. The number of nitrogens with two attached hydrogens (primary N) is 1. The number of benzene rings is 1. The second kappa shape index (κ2) is 10.1. The van der Waals surface area contributed by atoms with Crippen LogP contribution in [0.5, 0.6) is 5.75 Å². The van der Waals surface area contributed by atoms with Gasteiger partial charge in [0.2, 0.25) is 5.91 Å². The van der Waals surface area contributed by atoms with E-state index in [0.29, 0.717) is 25.5 Å². The number of rotatable bonds is 7. The Kier molecular flexibility index (Phi) is 8.83. The highest BCUT2D eigenvalue weighted by Gasteiger charge is 2.26. The summed E-state index contributed by atoms with van der Waals surface area (Å²) in [6, 6.07) is 7.99. The first-order chi connectivity index (χ1) is 10.2. The Labute approximate surface area is 146 Å². The minimum Gasteiger partial charge on any atom is -0.494 e. The van der Waals surface area contributed by atoms with Crippen molar-refractivity contribution in [2.24, 2.45) is 11.7 Å². The lowest BCUT2D eigenvalue weighted by Crippen LogP contribution is -2.39. The molecular formula is C16H24BrClN2O2. The second-order valence-electron chi connectivity index (χ2n) is 5.51. The molecule has 2 atom stereocenters. The summed E-state index contributed by atoms with van der Waals surface area (Å²) in [5.74, 6) is 1.38. The monoisotopic (exact) mass is 390 g/mol. The van der Waals surface area contributed by atoms with Gasteiger partial charge in [-0.3, -0.25) is 4.79 Å². The fraction of sp³-hybridized carbons (Fsp3) is 0.562. The molecule has 1 aliphatic carbocycles. The van der Waals surface area contributed by atoms with Crippen molar-refractivity contribution in [3.8, 4) is 5.75 Å².